The van der Waals surface area contributed by atoms with Gasteiger partial charge >= 0.3 is 9.28 Å². The van der Waals surface area contributed by atoms with E-state index >= 15 is 0 Å². The largest absolute Gasteiger partial charge is 0.400 e. The van der Waals surface area contributed by atoms with E-state index in [0.29, 0.717) is 5.54 Å². The van der Waals surface area contributed by atoms with E-state index in [-0.39, 0.29) is 5.41 Å². The Kier molecular flexibility index (Phi) is 6.72. The Labute approximate surface area is 97.2 Å². The zero-order valence-corrected chi connectivity index (χ0v) is 12.6. The van der Waals surface area contributed by atoms with E-state index in [1.165, 1.54) is 12.8 Å². The fraction of sp³-hybridized carbons (Fsp3) is 1.00. The Bertz CT molecular complexity index is 159. The van der Waals surface area contributed by atoms with Crippen molar-refractivity contribution in [1.29, 1.82) is 0 Å². The van der Waals surface area contributed by atoms with Crippen molar-refractivity contribution in [2.24, 2.45) is 11.3 Å². The summed E-state index contributed by atoms with van der Waals surface area (Å²) in [6, 6.07) is 0. The lowest BCUT2D eigenvalue weighted by Gasteiger charge is -2.34. The van der Waals surface area contributed by atoms with Crippen molar-refractivity contribution >= 4 is 9.28 Å². The highest BCUT2D eigenvalue weighted by Gasteiger charge is 2.34. The highest BCUT2D eigenvalue weighted by molar-refractivity contribution is 6.46. The van der Waals surface area contributed by atoms with Gasteiger partial charge in [0, 0.05) is 19.8 Å². The van der Waals surface area contributed by atoms with Crippen molar-refractivity contribution in [3.63, 3.8) is 0 Å². The van der Waals surface area contributed by atoms with E-state index < -0.39 is 9.28 Å². The minimum atomic E-state index is -1.49. The molecule has 0 fully saturated rings. The molecule has 0 saturated carbocycles. The van der Waals surface area contributed by atoms with Crippen LogP contribution in [0.4, 0.5) is 0 Å². The summed E-state index contributed by atoms with van der Waals surface area (Å²) in [5.41, 5.74) is 0.882. The van der Waals surface area contributed by atoms with Crippen LogP contribution in [-0.4, -0.2) is 23.5 Å². The Hall–Kier alpha value is 0.137. The van der Waals surface area contributed by atoms with Gasteiger partial charge in [-0.05, 0) is 17.8 Å². The first-order valence-electron chi connectivity index (χ1n) is 5.88. The van der Waals surface area contributed by atoms with Crippen molar-refractivity contribution in [2.75, 3.05) is 14.2 Å². The quantitative estimate of drug-likeness (QED) is 0.654. The van der Waals surface area contributed by atoms with E-state index in [1.54, 1.807) is 14.2 Å². The summed E-state index contributed by atoms with van der Waals surface area (Å²) in [6.07, 6.45) is 2.48. The number of hydrogen-bond donors (Lipinski definition) is 0. The third-order valence-electron chi connectivity index (χ3n) is 2.96. The van der Waals surface area contributed by atoms with Gasteiger partial charge < -0.3 is 8.85 Å². The maximum Gasteiger partial charge on any atom is 0.324 e. The molecule has 0 aromatic carbocycles. The van der Waals surface area contributed by atoms with E-state index in [0.717, 1.165) is 5.92 Å². The molecule has 0 bridgehead atoms. The Morgan fingerprint density at radius 2 is 1.47 bits per heavy atom. The van der Waals surface area contributed by atoms with Crippen molar-refractivity contribution in [3.8, 4) is 0 Å². The molecule has 0 radical (unpaired) electrons. The molecule has 2 nitrogen and oxygen atoms in total. The lowest BCUT2D eigenvalue weighted by molar-refractivity contribution is 0.218. The highest BCUT2D eigenvalue weighted by Crippen LogP contribution is 2.38. The van der Waals surface area contributed by atoms with Crippen LogP contribution < -0.4 is 0 Å². The van der Waals surface area contributed by atoms with Crippen molar-refractivity contribution in [2.45, 2.75) is 53.0 Å². The van der Waals surface area contributed by atoms with Crippen LogP contribution in [0.25, 0.3) is 0 Å². The SMILES string of the molecule is CO[SiH](OC)C(CCC(C)C)C(C)(C)C. The van der Waals surface area contributed by atoms with E-state index in [2.05, 4.69) is 34.6 Å². The third-order valence-corrected chi connectivity index (χ3v) is 5.88. The molecule has 0 heterocycles. The molecule has 15 heavy (non-hydrogen) atoms. The van der Waals surface area contributed by atoms with Gasteiger partial charge in [-0.25, -0.2) is 0 Å². The predicted octanol–water partition coefficient (Wildman–Crippen LogP) is 3.35. The molecule has 0 aromatic heterocycles. The monoisotopic (exact) mass is 232 g/mol. The molecule has 1 atom stereocenters. The Morgan fingerprint density at radius 3 is 1.73 bits per heavy atom. The van der Waals surface area contributed by atoms with Crippen LogP contribution >= 0.6 is 0 Å². The maximum absolute atomic E-state index is 5.54. The van der Waals surface area contributed by atoms with Gasteiger partial charge in [-0.1, -0.05) is 41.0 Å². The van der Waals surface area contributed by atoms with Gasteiger partial charge in [0.15, 0.2) is 0 Å². The summed E-state index contributed by atoms with van der Waals surface area (Å²) in [5, 5.41) is 0. The molecule has 0 rings (SSSR count). The summed E-state index contributed by atoms with van der Waals surface area (Å²) >= 11 is 0. The van der Waals surface area contributed by atoms with Crippen LogP contribution in [0.1, 0.15) is 47.5 Å². The van der Waals surface area contributed by atoms with Crippen molar-refractivity contribution < 1.29 is 8.85 Å². The second-order valence-corrected chi connectivity index (χ2v) is 8.27. The molecule has 0 aromatic rings. The summed E-state index contributed by atoms with van der Waals surface area (Å²) < 4.78 is 11.1. The van der Waals surface area contributed by atoms with Gasteiger partial charge in [-0.15, -0.1) is 0 Å². The first kappa shape index (κ1) is 15.1. The van der Waals surface area contributed by atoms with E-state index in [9.17, 15) is 0 Å². The molecule has 0 aliphatic heterocycles. The molecule has 0 N–H and O–H groups in total. The van der Waals surface area contributed by atoms with Gasteiger partial charge in [0.1, 0.15) is 0 Å². The van der Waals surface area contributed by atoms with Crippen LogP contribution in [0.2, 0.25) is 5.54 Å². The fourth-order valence-corrected chi connectivity index (χ4v) is 4.05. The molecular formula is C12H28O2Si. The zero-order valence-electron chi connectivity index (χ0n) is 11.5. The molecule has 0 aliphatic rings. The van der Waals surface area contributed by atoms with Crippen LogP contribution in [0.5, 0.6) is 0 Å². The summed E-state index contributed by atoms with van der Waals surface area (Å²) in [6.45, 7) is 11.4. The lowest BCUT2D eigenvalue weighted by Crippen LogP contribution is -2.34. The smallest absolute Gasteiger partial charge is 0.324 e. The van der Waals surface area contributed by atoms with E-state index in [4.69, 9.17) is 8.85 Å². The highest BCUT2D eigenvalue weighted by atomic mass is 28.3. The first-order chi connectivity index (χ1) is 6.82. The van der Waals surface area contributed by atoms with Crippen LogP contribution in [0.3, 0.4) is 0 Å². The second kappa shape index (κ2) is 6.66. The lowest BCUT2D eigenvalue weighted by atomic mass is 9.87. The first-order valence-corrected chi connectivity index (χ1v) is 7.49. The molecule has 3 heteroatoms. The second-order valence-electron chi connectivity index (χ2n) is 5.78. The molecule has 0 amide bonds. The van der Waals surface area contributed by atoms with Gasteiger partial charge in [0.2, 0.25) is 0 Å². The van der Waals surface area contributed by atoms with Crippen LogP contribution in [0.15, 0.2) is 0 Å². The van der Waals surface area contributed by atoms with Crippen LogP contribution in [0, 0.1) is 11.3 Å². The minimum absolute atomic E-state index is 0.289. The standard InChI is InChI=1S/C12H28O2Si/c1-10(2)8-9-11(12(3,4)5)15(13-6)14-7/h10-11,15H,8-9H2,1-7H3. The summed E-state index contributed by atoms with van der Waals surface area (Å²) in [7, 11) is 2.08. The summed E-state index contributed by atoms with van der Waals surface area (Å²) in [5.74, 6) is 0.762. The van der Waals surface area contributed by atoms with Gasteiger partial charge in [0.25, 0.3) is 0 Å². The molecular weight excluding hydrogens is 204 g/mol. The van der Waals surface area contributed by atoms with Gasteiger partial charge in [-0.2, -0.15) is 0 Å². The van der Waals surface area contributed by atoms with Gasteiger partial charge in [-0.3, -0.25) is 0 Å². The fourth-order valence-electron chi connectivity index (χ4n) is 1.91. The van der Waals surface area contributed by atoms with Crippen molar-refractivity contribution in [1.82, 2.24) is 0 Å². The van der Waals surface area contributed by atoms with Crippen molar-refractivity contribution in [3.05, 3.63) is 0 Å². The average molecular weight is 232 g/mol. The van der Waals surface area contributed by atoms with E-state index in [1.807, 2.05) is 0 Å². The van der Waals surface area contributed by atoms with Crippen LogP contribution in [-0.2, 0) is 8.85 Å². The molecule has 1 unspecified atom stereocenters. The molecule has 0 spiro atoms. The Balaban J connectivity index is 4.43. The normalized spacial score (nSPS) is 15.0. The summed E-state index contributed by atoms with van der Waals surface area (Å²) in [4.78, 5) is 0. The van der Waals surface area contributed by atoms with Gasteiger partial charge in [0.05, 0.1) is 0 Å². The third kappa shape index (κ3) is 5.69. The molecule has 0 saturated heterocycles. The number of rotatable bonds is 6. The number of hydrogen-bond acceptors (Lipinski definition) is 2. The molecule has 0 aliphatic carbocycles. The molecule has 92 valence electrons. The Morgan fingerprint density at radius 1 is 1.00 bits per heavy atom. The average Bonchev–Trinajstić information content (AvgIpc) is 2.09. The minimum Gasteiger partial charge on any atom is -0.400 e. The zero-order chi connectivity index (χ0) is 12.1. The maximum atomic E-state index is 5.54. The topological polar surface area (TPSA) is 18.5 Å². The predicted molar refractivity (Wildman–Crippen MR) is 68.4 cm³/mol.